The molecule has 10 nitrogen and oxygen atoms in total. The van der Waals surface area contributed by atoms with Crippen molar-refractivity contribution in [2.45, 2.75) is 26.3 Å². The number of ether oxygens (including phenoxy) is 1. The highest BCUT2D eigenvalue weighted by Crippen LogP contribution is 2.29. The minimum atomic E-state index is -0.254. The maximum Gasteiger partial charge on any atom is 0.256 e. The minimum Gasteiger partial charge on any atom is -0.382 e. The molecule has 0 aliphatic carbocycles. The molecule has 0 saturated carbocycles. The molecule has 0 fully saturated rings. The van der Waals surface area contributed by atoms with Crippen molar-refractivity contribution in [3.63, 3.8) is 0 Å². The highest BCUT2D eigenvalue weighted by molar-refractivity contribution is 6.04. The monoisotopic (exact) mass is 513 g/mol. The number of hydrogen-bond acceptors (Lipinski definition) is 7. The lowest BCUT2D eigenvalue weighted by Crippen LogP contribution is -2.25. The van der Waals surface area contributed by atoms with Gasteiger partial charge in [0.1, 0.15) is 28.7 Å². The first kappa shape index (κ1) is 26.5. The van der Waals surface area contributed by atoms with E-state index in [1.54, 1.807) is 55.9 Å². The molecule has 2 amide bonds. The van der Waals surface area contributed by atoms with Gasteiger partial charge in [-0.05, 0) is 36.2 Å². The van der Waals surface area contributed by atoms with Gasteiger partial charge in [-0.3, -0.25) is 14.0 Å². The van der Waals surface area contributed by atoms with E-state index in [0.29, 0.717) is 40.8 Å². The normalized spacial score (nSPS) is 11.2. The van der Waals surface area contributed by atoms with Crippen LogP contribution in [-0.2, 0) is 22.5 Å². The number of nitrogens with zero attached hydrogens (tertiary/aromatic N) is 5. The molecule has 10 heteroatoms. The molecule has 0 radical (unpaired) electrons. The largest absolute Gasteiger partial charge is 0.382 e. The molecule has 0 aliphatic rings. The Morgan fingerprint density at radius 3 is 2.68 bits per heavy atom. The number of aromatic nitrogens is 4. The van der Waals surface area contributed by atoms with Crippen LogP contribution < -0.4 is 11.1 Å². The number of amides is 2. The number of nitrogens with two attached hydrogens (primary N) is 1. The van der Waals surface area contributed by atoms with Crippen molar-refractivity contribution in [2.75, 3.05) is 31.8 Å². The highest BCUT2D eigenvalue weighted by Gasteiger charge is 2.19. The number of hydrogen-bond donors (Lipinski definition) is 2. The summed E-state index contributed by atoms with van der Waals surface area (Å²) in [6.45, 7) is 2.72. The summed E-state index contributed by atoms with van der Waals surface area (Å²) < 4.78 is 6.79. The van der Waals surface area contributed by atoms with Crippen molar-refractivity contribution in [3.05, 3.63) is 84.1 Å². The molecule has 1 aromatic carbocycles. The van der Waals surface area contributed by atoms with Gasteiger partial charge in [0.25, 0.3) is 5.91 Å². The molecular weight excluding hydrogens is 482 g/mol. The fourth-order valence-corrected chi connectivity index (χ4v) is 4.06. The van der Waals surface area contributed by atoms with Crippen molar-refractivity contribution < 1.29 is 14.3 Å². The van der Waals surface area contributed by atoms with Gasteiger partial charge in [-0.2, -0.15) is 0 Å². The van der Waals surface area contributed by atoms with E-state index in [4.69, 9.17) is 15.5 Å². The highest BCUT2D eigenvalue weighted by atomic mass is 16.5. The van der Waals surface area contributed by atoms with Crippen molar-refractivity contribution in [3.8, 4) is 11.3 Å². The van der Waals surface area contributed by atoms with E-state index in [1.807, 2.05) is 28.7 Å². The summed E-state index contributed by atoms with van der Waals surface area (Å²) in [5.74, 6) is 1.03. The zero-order valence-electron chi connectivity index (χ0n) is 21.7. The van der Waals surface area contributed by atoms with E-state index < -0.39 is 0 Å². The van der Waals surface area contributed by atoms with Crippen molar-refractivity contribution >= 4 is 29.0 Å². The van der Waals surface area contributed by atoms with Crippen LogP contribution in [-0.4, -0.2) is 56.8 Å². The van der Waals surface area contributed by atoms with Gasteiger partial charge in [0, 0.05) is 50.0 Å². The standard InChI is InChI=1S/C28H31N7O3/c1-4-6-19-12-13-30-22(17-19)32-28(37)21-10-8-20(9-11-21)25-26-27(29)31-14-15-35(26)23(33-25)18-34(2)24(36)7-5-16-38-3/h5,7-15,17H,4,6,16,18H2,1-3H3,(H2,29,31)(H,30,32,37)/b7-5+. The molecule has 3 aromatic heterocycles. The average Bonchev–Trinajstić information content (AvgIpc) is 3.28. The van der Waals surface area contributed by atoms with Crippen LogP contribution in [0.1, 0.15) is 35.1 Å². The second-order valence-electron chi connectivity index (χ2n) is 8.79. The number of aryl methyl sites for hydroxylation is 1. The first-order valence-electron chi connectivity index (χ1n) is 12.3. The molecule has 0 saturated heterocycles. The Balaban J connectivity index is 1.57. The number of benzene rings is 1. The minimum absolute atomic E-state index is 0.174. The zero-order chi connectivity index (χ0) is 27.1. The first-order chi connectivity index (χ1) is 18.4. The van der Waals surface area contributed by atoms with Crippen molar-refractivity contribution in [2.24, 2.45) is 0 Å². The molecule has 196 valence electrons. The smallest absolute Gasteiger partial charge is 0.256 e. The van der Waals surface area contributed by atoms with Crippen LogP contribution in [0.4, 0.5) is 11.6 Å². The number of fused-ring (bicyclic) bond motifs is 1. The number of nitrogen functional groups attached to an aromatic ring is 1. The molecule has 3 N–H and O–H groups in total. The second-order valence-corrected chi connectivity index (χ2v) is 8.79. The molecule has 0 bridgehead atoms. The predicted octanol–water partition coefficient (Wildman–Crippen LogP) is 3.74. The molecular formula is C28H31N7O3. The van der Waals surface area contributed by atoms with Gasteiger partial charge in [0.2, 0.25) is 5.91 Å². The SMILES string of the molecule is CCCc1ccnc(NC(=O)c2ccc(-c3nc(CN(C)C(=O)/C=C/COC)n4ccnc(N)c34)cc2)c1. The number of anilines is 2. The summed E-state index contributed by atoms with van der Waals surface area (Å²) in [4.78, 5) is 40.1. The molecule has 3 heterocycles. The molecule has 0 spiro atoms. The number of methoxy groups -OCH3 is 1. The lowest BCUT2D eigenvalue weighted by Gasteiger charge is -2.14. The maximum atomic E-state index is 12.8. The maximum absolute atomic E-state index is 12.8. The molecule has 0 aliphatic heterocycles. The van der Waals surface area contributed by atoms with Crippen LogP contribution >= 0.6 is 0 Å². The van der Waals surface area contributed by atoms with E-state index in [9.17, 15) is 9.59 Å². The van der Waals surface area contributed by atoms with E-state index in [0.717, 1.165) is 24.0 Å². The van der Waals surface area contributed by atoms with Crippen LogP contribution in [0.5, 0.6) is 0 Å². The number of rotatable bonds is 10. The third-order valence-electron chi connectivity index (χ3n) is 5.96. The predicted molar refractivity (Wildman–Crippen MR) is 147 cm³/mol. The van der Waals surface area contributed by atoms with Gasteiger partial charge in [-0.15, -0.1) is 0 Å². The summed E-state index contributed by atoms with van der Waals surface area (Å²) in [7, 11) is 3.27. The fourth-order valence-electron chi connectivity index (χ4n) is 4.06. The first-order valence-corrected chi connectivity index (χ1v) is 12.3. The summed E-state index contributed by atoms with van der Waals surface area (Å²) in [6.07, 6.45) is 10.1. The molecule has 4 rings (SSSR count). The molecule has 4 aromatic rings. The number of imidazole rings is 1. The third kappa shape index (κ3) is 6.04. The Morgan fingerprint density at radius 2 is 1.95 bits per heavy atom. The Hall–Kier alpha value is -4.57. The van der Waals surface area contributed by atoms with Crippen molar-refractivity contribution in [1.29, 1.82) is 0 Å². The van der Waals surface area contributed by atoms with Crippen LogP contribution in [0.15, 0.2) is 67.1 Å². The van der Waals surface area contributed by atoms with Gasteiger partial charge in [0.15, 0.2) is 0 Å². The summed E-state index contributed by atoms with van der Waals surface area (Å²) in [5, 5.41) is 2.86. The van der Waals surface area contributed by atoms with Crippen molar-refractivity contribution in [1.82, 2.24) is 24.3 Å². The number of nitrogens with one attached hydrogen (secondary N) is 1. The van der Waals surface area contributed by atoms with E-state index >= 15 is 0 Å². The van der Waals surface area contributed by atoms with Gasteiger partial charge in [-0.1, -0.05) is 31.6 Å². The Morgan fingerprint density at radius 1 is 1.16 bits per heavy atom. The topological polar surface area (TPSA) is 128 Å². The van der Waals surface area contributed by atoms with Gasteiger partial charge in [0.05, 0.1) is 13.2 Å². The number of likely N-dealkylation sites (N-methyl/N-ethyl adjacent to an activating group) is 1. The Kier molecular flexibility index (Phi) is 8.44. The van der Waals surface area contributed by atoms with Crippen LogP contribution in [0.3, 0.4) is 0 Å². The van der Waals surface area contributed by atoms with E-state index in [2.05, 4.69) is 22.2 Å². The Bertz CT molecular complexity index is 1460. The average molecular weight is 514 g/mol. The molecule has 38 heavy (non-hydrogen) atoms. The Labute approximate surface area is 221 Å². The van der Waals surface area contributed by atoms with Gasteiger partial charge < -0.3 is 20.7 Å². The number of carbonyl (C=O) groups excluding carboxylic acids is 2. The molecule has 0 unspecified atom stereocenters. The van der Waals surface area contributed by atoms with E-state index in [1.165, 1.54) is 6.08 Å². The second kappa shape index (κ2) is 12.1. The lowest BCUT2D eigenvalue weighted by molar-refractivity contribution is -0.125. The summed E-state index contributed by atoms with van der Waals surface area (Å²) >= 11 is 0. The van der Waals surface area contributed by atoms with Crippen LogP contribution in [0.25, 0.3) is 16.8 Å². The van der Waals surface area contributed by atoms with Crippen LogP contribution in [0, 0.1) is 0 Å². The third-order valence-corrected chi connectivity index (χ3v) is 5.96. The molecule has 0 atom stereocenters. The lowest BCUT2D eigenvalue weighted by atomic mass is 10.1. The quantitative estimate of drug-likeness (QED) is 0.309. The fraction of sp³-hybridized carbons (Fsp3) is 0.250. The summed E-state index contributed by atoms with van der Waals surface area (Å²) in [5.41, 5.74) is 9.85. The number of pyridine rings is 1. The summed E-state index contributed by atoms with van der Waals surface area (Å²) in [6, 6.07) is 10.9. The van der Waals surface area contributed by atoms with Gasteiger partial charge >= 0.3 is 0 Å². The van der Waals surface area contributed by atoms with E-state index in [-0.39, 0.29) is 18.4 Å². The number of carbonyl (C=O) groups is 2. The van der Waals surface area contributed by atoms with Crippen LogP contribution in [0.2, 0.25) is 0 Å². The zero-order valence-corrected chi connectivity index (χ0v) is 21.7. The van der Waals surface area contributed by atoms with Gasteiger partial charge in [-0.25, -0.2) is 15.0 Å².